The SMILES string of the molecule is COc1ccc(CCNC(=O)CCCCC(=O)NCCc2ccccc2)c(Sc2ccccc2)c1OC. The number of hydrogen-bond donors (Lipinski definition) is 2. The Balaban J connectivity index is 1.39. The van der Waals surface area contributed by atoms with E-state index < -0.39 is 0 Å². The van der Waals surface area contributed by atoms with Crippen LogP contribution >= 0.6 is 11.8 Å². The second-order valence-electron chi connectivity index (χ2n) is 8.60. The summed E-state index contributed by atoms with van der Waals surface area (Å²) in [5.74, 6) is 1.41. The highest BCUT2D eigenvalue weighted by Crippen LogP contribution is 2.43. The van der Waals surface area contributed by atoms with Crippen molar-refractivity contribution in [3.63, 3.8) is 0 Å². The van der Waals surface area contributed by atoms with Gasteiger partial charge in [0.2, 0.25) is 11.8 Å². The largest absolute Gasteiger partial charge is 0.493 e. The molecule has 6 nitrogen and oxygen atoms in total. The molecule has 0 aliphatic heterocycles. The molecule has 2 amide bonds. The first-order valence-electron chi connectivity index (χ1n) is 12.6. The number of rotatable bonds is 15. The molecule has 196 valence electrons. The Labute approximate surface area is 224 Å². The Hall–Kier alpha value is -3.45. The van der Waals surface area contributed by atoms with E-state index >= 15 is 0 Å². The van der Waals surface area contributed by atoms with Gasteiger partial charge in [0.25, 0.3) is 0 Å². The van der Waals surface area contributed by atoms with E-state index in [9.17, 15) is 9.59 Å². The monoisotopic (exact) mass is 520 g/mol. The zero-order valence-electron chi connectivity index (χ0n) is 21.6. The molecule has 0 aromatic heterocycles. The standard InChI is InChI=1S/C30H36N2O4S/c1-35-26-18-17-24(30(29(26)36-2)37-25-13-7-4-8-14-25)20-22-32-28(34)16-10-9-15-27(33)31-21-19-23-11-5-3-6-12-23/h3-8,11-14,17-18H,9-10,15-16,19-22H2,1-2H3,(H,31,33)(H,32,34). The molecule has 0 aliphatic rings. The smallest absolute Gasteiger partial charge is 0.220 e. The quantitative estimate of drug-likeness (QED) is 0.261. The molecule has 0 bridgehead atoms. The maximum absolute atomic E-state index is 12.3. The molecule has 3 aromatic carbocycles. The third kappa shape index (κ3) is 9.50. The molecule has 3 aromatic rings. The Morgan fingerprint density at radius 2 is 1.32 bits per heavy atom. The van der Waals surface area contributed by atoms with Crippen molar-refractivity contribution >= 4 is 23.6 Å². The van der Waals surface area contributed by atoms with E-state index in [1.165, 1.54) is 5.56 Å². The van der Waals surface area contributed by atoms with Crippen molar-refractivity contribution in [3.8, 4) is 11.5 Å². The molecule has 0 saturated heterocycles. The van der Waals surface area contributed by atoms with Gasteiger partial charge >= 0.3 is 0 Å². The third-order valence-electron chi connectivity index (χ3n) is 5.90. The van der Waals surface area contributed by atoms with E-state index in [1.54, 1.807) is 26.0 Å². The number of benzene rings is 3. The molecule has 0 fully saturated rings. The molecular weight excluding hydrogens is 484 g/mol. The molecule has 0 spiro atoms. The lowest BCUT2D eigenvalue weighted by Gasteiger charge is -2.17. The summed E-state index contributed by atoms with van der Waals surface area (Å²) in [6.07, 6.45) is 3.72. The highest BCUT2D eigenvalue weighted by molar-refractivity contribution is 7.99. The molecule has 0 aliphatic carbocycles. The fraction of sp³-hybridized carbons (Fsp3) is 0.333. The first-order chi connectivity index (χ1) is 18.1. The lowest BCUT2D eigenvalue weighted by molar-refractivity contribution is -0.123. The van der Waals surface area contributed by atoms with E-state index in [2.05, 4.69) is 34.9 Å². The lowest BCUT2D eigenvalue weighted by Crippen LogP contribution is -2.26. The minimum atomic E-state index is 0.00206. The van der Waals surface area contributed by atoms with Gasteiger partial charge in [-0.15, -0.1) is 0 Å². The van der Waals surface area contributed by atoms with Crippen LogP contribution in [0, 0.1) is 0 Å². The van der Waals surface area contributed by atoms with Crippen molar-refractivity contribution in [2.75, 3.05) is 27.3 Å². The number of carbonyl (C=O) groups is 2. The van der Waals surface area contributed by atoms with Crippen molar-refractivity contribution in [3.05, 3.63) is 83.9 Å². The molecule has 2 N–H and O–H groups in total. The second-order valence-corrected chi connectivity index (χ2v) is 9.68. The van der Waals surface area contributed by atoms with Gasteiger partial charge in [-0.3, -0.25) is 9.59 Å². The van der Waals surface area contributed by atoms with Gasteiger partial charge in [-0.2, -0.15) is 0 Å². The molecule has 0 heterocycles. The predicted octanol–water partition coefficient (Wildman–Crippen LogP) is 5.43. The number of carbonyl (C=O) groups excluding carboxylic acids is 2. The summed E-state index contributed by atoms with van der Waals surface area (Å²) in [7, 11) is 3.27. The van der Waals surface area contributed by atoms with Crippen LogP contribution in [0.3, 0.4) is 0 Å². The highest BCUT2D eigenvalue weighted by Gasteiger charge is 2.16. The van der Waals surface area contributed by atoms with Crippen LogP contribution < -0.4 is 20.1 Å². The van der Waals surface area contributed by atoms with Crippen LogP contribution in [-0.2, 0) is 22.4 Å². The average molecular weight is 521 g/mol. The number of ether oxygens (including phenoxy) is 2. The Bertz CT molecular complexity index is 1120. The van der Waals surface area contributed by atoms with E-state index in [1.807, 2.05) is 48.5 Å². The molecule has 0 atom stereocenters. The summed E-state index contributed by atoms with van der Waals surface area (Å²) < 4.78 is 11.2. The lowest BCUT2D eigenvalue weighted by atomic mass is 10.1. The predicted molar refractivity (Wildman–Crippen MR) is 148 cm³/mol. The first-order valence-corrected chi connectivity index (χ1v) is 13.5. The topological polar surface area (TPSA) is 76.7 Å². The number of unbranched alkanes of at least 4 members (excludes halogenated alkanes) is 1. The Morgan fingerprint density at radius 1 is 0.730 bits per heavy atom. The fourth-order valence-electron chi connectivity index (χ4n) is 3.93. The zero-order valence-corrected chi connectivity index (χ0v) is 22.4. The Kier molecular flexibility index (Phi) is 11.9. The fourth-order valence-corrected chi connectivity index (χ4v) is 5.04. The van der Waals surface area contributed by atoms with Crippen molar-refractivity contribution in [1.82, 2.24) is 10.6 Å². The van der Waals surface area contributed by atoms with Gasteiger partial charge in [0, 0.05) is 30.8 Å². The van der Waals surface area contributed by atoms with E-state index in [0.717, 1.165) is 21.8 Å². The third-order valence-corrected chi connectivity index (χ3v) is 7.06. The minimum absolute atomic E-state index is 0.00206. The Morgan fingerprint density at radius 3 is 1.92 bits per heavy atom. The van der Waals surface area contributed by atoms with Gasteiger partial charge in [-0.1, -0.05) is 66.4 Å². The van der Waals surface area contributed by atoms with E-state index in [-0.39, 0.29) is 11.8 Å². The van der Waals surface area contributed by atoms with Gasteiger partial charge in [0.1, 0.15) is 0 Å². The summed E-state index contributed by atoms with van der Waals surface area (Å²) in [4.78, 5) is 26.5. The summed E-state index contributed by atoms with van der Waals surface area (Å²) in [6, 6.07) is 24.1. The van der Waals surface area contributed by atoms with Gasteiger partial charge in [0.15, 0.2) is 11.5 Å². The van der Waals surface area contributed by atoms with Crippen LogP contribution in [0.15, 0.2) is 82.6 Å². The maximum atomic E-state index is 12.3. The zero-order chi connectivity index (χ0) is 26.3. The van der Waals surface area contributed by atoms with Crippen molar-refractivity contribution < 1.29 is 19.1 Å². The number of methoxy groups -OCH3 is 2. The van der Waals surface area contributed by atoms with Crippen molar-refractivity contribution in [2.45, 2.75) is 48.3 Å². The van der Waals surface area contributed by atoms with Crippen LogP contribution in [0.1, 0.15) is 36.8 Å². The second kappa shape index (κ2) is 15.6. The highest BCUT2D eigenvalue weighted by atomic mass is 32.2. The molecular formula is C30H36N2O4S. The van der Waals surface area contributed by atoms with Gasteiger partial charge in [-0.05, 0) is 55.0 Å². The van der Waals surface area contributed by atoms with Crippen molar-refractivity contribution in [2.24, 2.45) is 0 Å². The van der Waals surface area contributed by atoms with Crippen LogP contribution in [0.4, 0.5) is 0 Å². The summed E-state index contributed by atoms with van der Waals surface area (Å²) in [5, 5.41) is 5.96. The van der Waals surface area contributed by atoms with Crippen LogP contribution in [0.2, 0.25) is 0 Å². The van der Waals surface area contributed by atoms with Crippen LogP contribution in [0.25, 0.3) is 0 Å². The minimum Gasteiger partial charge on any atom is -0.493 e. The molecule has 3 rings (SSSR count). The molecule has 0 radical (unpaired) electrons. The van der Waals surface area contributed by atoms with Gasteiger partial charge in [-0.25, -0.2) is 0 Å². The molecule has 37 heavy (non-hydrogen) atoms. The summed E-state index contributed by atoms with van der Waals surface area (Å²) in [6.45, 7) is 1.15. The van der Waals surface area contributed by atoms with Gasteiger partial charge in [0.05, 0.1) is 19.1 Å². The average Bonchev–Trinajstić information content (AvgIpc) is 2.92. The molecule has 0 unspecified atom stereocenters. The van der Waals surface area contributed by atoms with Crippen molar-refractivity contribution in [1.29, 1.82) is 0 Å². The number of hydrogen-bond acceptors (Lipinski definition) is 5. The maximum Gasteiger partial charge on any atom is 0.220 e. The number of nitrogens with one attached hydrogen (secondary N) is 2. The summed E-state index contributed by atoms with van der Waals surface area (Å²) >= 11 is 1.62. The van der Waals surface area contributed by atoms with Crippen LogP contribution in [-0.4, -0.2) is 39.1 Å². The van der Waals surface area contributed by atoms with E-state index in [0.29, 0.717) is 56.7 Å². The van der Waals surface area contributed by atoms with Crippen LogP contribution in [0.5, 0.6) is 11.5 Å². The van der Waals surface area contributed by atoms with Gasteiger partial charge < -0.3 is 20.1 Å². The first kappa shape index (κ1) is 28.1. The summed E-state index contributed by atoms with van der Waals surface area (Å²) in [5.41, 5.74) is 2.29. The van der Waals surface area contributed by atoms with E-state index in [4.69, 9.17) is 9.47 Å². The normalized spacial score (nSPS) is 10.5. The number of amides is 2. The molecule has 7 heteroatoms. The molecule has 0 saturated carbocycles.